The average Bonchev–Trinajstić information content (AvgIpc) is 2.82. The van der Waals surface area contributed by atoms with Gasteiger partial charge in [-0.25, -0.2) is 4.98 Å². The normalized spacial score (nSPS) is 16.2. The zero-order valence-corrected chi connectivity index (χ0v) is 19.5. The monoisotopic (exact) mass is 459 g/mol. The van der Waals surface area contributed by atoms with Crippen LogP contribution in [0.1, 0.15) is 38.7 Å². The van der Waals surface area contributed by atoms with Crippen LogP contribution in [0.5, 0.6) is 5.88 Å². The van der Waals surface area contributed by atoms with E-state index in [1.54, 1.807) is 26.1 Å². The quantitative estimate of drug-likeness (QED) is 0.398. The molecule has 0 radical (unpaired) electrons. The molecular weight excluding hydrogens is 430 g/mol. The Labute approximate surface area is 199 Å². The summed E-state index contributed by atoms with van der Waals surface area (Å²) in [7, 11) is 0. The van der Waals surface area contributed by atoms with Crippen LogP contribution in [0, 0.1) is 5.41 Å². The highest BCUT2D eigenvalue weighted by atomic mass is 16.5. The Hall–Kier alpha value is -3.71. The third kappa shape index (κ3) is 5.26. The van der Waals surface area contributed by atoms with E-state index in [4.69, 9.17) is 9.73 Å². The minimum atomic E-state index is -0.995. The van der Waals surface area contributed by atoms with Gasteiger partial charge in [0.05, 0.1) is 11.1 Å². The van der Waals surface area contributed by atoms with Crippen molar-refractivity contribution in [2.45, 2.75) is 39.3 Å². The zero-order valence-electron chi connectivity index (χ0n) is 19.5. The Morgan fingerprint density at radius 3 is 2.56 bits per heavy atom. The Balaban J connectivity index is 1.51. The summed E-state index contributed by atoms with van der Waals surface area (Å²) in [5, 5.41) is 23.3. The molecular formula is C27H29N3O4. The molecule has 2 heterocycles. The number of carboxylic acids is 1. The molecule has 1 aromatic heterocycles. The lowest BCUT2D eigenvalue weighted by atomic mass is 9.87. The Bertz CT molecular complexity index is 1190. The van der Waals surface area contributed by atoms with E-state index in [2.05, 4.69) is 10.3 Å². The van der Waals surface area contributed by atoms with E-state index in [-0.39, 0.29) is 12.5 Å². The Kier molecular flexibility index (Phi) is 6.65. The number of aromatic nitrogens is 1. The number of aliphatic hydroxyl groups excluding tert-OH is 1. The molecule has 2 aromatic carbocycles. The van der Waals surface area contributed by atoms with Crippen LogP contribution in [-0.2, 0) is 4.79 Å². The first-order valence-corrected chi connectivity index (χ1v) is 11.2. The van der Waals surface area contributed by atoms with Gasteiger partial charge in [0, 0.05) is 35.1 Å². The molecule has 0 amide bonds. The van der Waals surface area contributed by atoms with Gasteiger partial charge in [-0.1, -0.05) is 30.3 Å². The van der Waals surface area contributed by atoms with Crippen molar-refractivity contribution in [2.75, 3.05) is 11.9 Å². The number of para-hydroxylation sites is 1. The number of ether oxygens (including phenoxy) is 1. The number of rotatable bonds is 8. The highest BCUT2D eigenvalue weighted by Gasteiger charge is 2.29. The lowest BCUT2D eigenvalue weighted by molar-refractivity contribution is -0.148. The van der Waals surface area contributed by atoms with Crippen LogP contribution in [0.15, 0.2) is 71.9 Å². The van der Waals surface area contributed by atoms with E-state index in [1.165, 1.54) is 0 Å². The number of carboxylic acid groups (broad SMARTS) is 1. The van der Waals surface area contributed by atoms with Crippen molar-refractivity contribution >= 4 is 23.1 Å². The number of aliphatic imine (C=N–C) groups is 1. The maximum absolute atomic E-state index is 11.2. The van der Waals surface area contributed by atoms with Crippen molar-refractivity contribution in [1.82, 2.24) is 4.98 Å². The molecule has 0 fully saturated rings. The third-order valence-electron chi connectivity index (χ3n) is 5.96. The van der Waals surface area contributed by atoms with Crippen LogP contribution in [0.4, 0.5) is 11.4 Å². The first-order valence-electron chi connectivity index (χ1n) is 11.2. The van der Waals surface area contributed by atoms with Gasteiger partial charge in [0.2, 0.25) is 5.88 Å². The van der Waals surface area contributed by atoms with Gasteiger partial charge < -0.3 is 20.3 Å². The number of anilines is 1. The summed E-state index contributed by atoms with van der Waals surface area (Å²) >= 11 is 0. The molecule has 0 aliphatic carbocycles. The van der Waals surface area contributed by atoms with Crippen molar-refractivity contribution < 1.29 is 19.7 Å². The summed E-state index contributed by atoms with van der Waals surface area (Å²) < 4.78 is 5.57. The molecule has 2 unspecified atom stereocenters. The molecule has 3 aromatic rings. The van der Waals surface area contributed by atoms with E-state index in [0.29, 0.717) is 12.3 Å². The second-order valence-electron chi connectivity index (χ2n) is 9.25. The van der Waals surface area contributed by atoms with Crippen LogP contribution in [0.3, 0.4) is 0 Å². The fourth-order valence-corrected chi connectivity index (χ4v) is 3.85. The number of fused-ring (bicyclic) bond motifs is 1. The molecule has 3 N–H and O–H groups in total. The summed E-state index contributed by atoms with van der Waals surface area (Å²) in [6.45, 7) is 5.23. The highest BCUT2D eigenvalue weighted by Crippen LogP contribution is 2.39. The maximum Gasteiger partial charge on any atom is 0.312 e. The van der Waals surface area contributed by atoms with Gasteiger partial charge in [-0.15, -0.1) is 0 Å². The van der Waals surface area contributed by atoms with E-state index >= 15 is 0 Å². The van der Waals surface area contributed by atoms with Crippen molar-refractivity contribution in [3.63, 3.8) is 0 Å². The Morgan fingerprint density at radius 2 is 1.88 bits per heavy atom. The number of pyridine rings is 1. The molecule has 1 aliphatic rings. The molecule has 0 saturated heterocycles. The smallest absolute Gasteiger partial charge is 0.312 e. The fraction of sp³-hybridized carbons (Fsp3) is 0.296. The molecule has 1 aliphatic heterocycles. The van der Waals surface area contributed by atoms with Crippen LogP contribution in [0.25, 0.3) is 11.1 Å². The third-order valence-corrected chi connectivity index (χ3v) is 5.96. The van der Waals surface area contributed by atoms with Gasteiger partial charge in [-0.3, -0.25) is 9.79 Å². The number of hydrogen-bond acceptors (Lipinski definition) is 6. The second kappa shape index (κ2) is 9.65. The largest absolute Gasteiger partial charge is 0.481 e. The number of nitrogens with zero attached hydrogens (tertiary/aromatic N) is 2. The number of carbonyl (C=O) groups is 1. The molecule has 7 nitrogen and oxygen atoms in total. The lowest BCUT2D eigenvalue weighted by Crippen LogP contribution is -2.30. The van der Waals surface area contributed by atoms with Gasteiger partial charge in [0.15, 0.2) is 0 Å². The van der Waals surface area contributed by atoms with Gasteiger partial charge in [0.25, 0.3) is 0 Å². The maximum atomic E-state index is 11.2. The van der Waals surface area contributed by atoms with Crippen molar-refractivity contribution in [2.24, 2.45) is 10.4 Å². The molecule has 0 saturated carbocycles. The predicted octanol–water partition coefficient (Wildman–Crippen LogP) is 5.25. The van der Waals surface area contributed by atoms with Gasteiger partial charge in [-0.2, -0.15) is 0 Å². The predicted molar refractivity (Wildman–Crippen MR) is 133 cm³/mol. The van der Waals surface area contributed by atoms with Crippen molar-refractivity contribution in [1.29, 1.82) is 0 Å². The van der Waals surface area contributed by atoms with Crippen LogP contribution in [0.2, 0.25) is 0 Å². The zero-order chi connectivity index (χ0) is 24.3. The van der Waals surface area contributed by atoms with E-state index < -0.39 is 17.6 Å². The molecule has 0 bridgehead atoms. The van der Waals surface area contributed by atoms with E-state index in [9.17, 15) is 15.0 Å². The van der Waals surface area contributed by atoms with Crippen LogP contribution in [-0.4, -0.2) is 39.7 Å². The fourth-order valence-electron chi connectivity index (χ4n) is 3.85. The second-order valence-corrected chi connectivity index (χ2v) is 9.25. The van der Waals surface area contributed by atoms with Crippen molar-refractivity contribution in [3.05, 3.63) is 72.4 Å². The standard InChI is InChI=1S/C27H29N3O4/c1-17-13-22(25(31)30-20-7-5-4-6-8-20)21-11-9-18(14-23(21)29-17)19-10-12-24(28-15-19)34-16-27(2,3)26(32)33/h4-12,14-15,22,25,30-31H,13,16H2,1-3H3,(H,32,33). The molecule has 7 heteroatoms. The summed E-state index contributed by atoms with van der Waals surface area (Å²) in [6.07, 6.45) is 1.63. The first-order chi connectivity index (χ1) is 16.2. The summed E-state index contributed by atoms with van der Waals surface area (Å²) in [5.41, 5.74) is 4.51. The number of aliphatic hydroxyl groups is 1. The summed E-state index contributed by atoms with van der Waals surface area (Å²) in [5.74, 6) is -0.662. The van der Waals surface area contributed by atoms with E-state index in [1.807, 2.05) is 61.5 Å². The summed E-state index contributed by atoms with van der Waals surface area (Å²) in [6, 6.07) is 19.3. The lowest BCUT2D eigenvalue weighted by Gasteiger charge is -2.29. The van der Waals surface area contributed by atoms with Crippen molar-refractivity contribution in [3.8, 4) is 17.0 Å². The van der Waals surface area contributed by atoms with Gasteiger partial charge in [-0.05, 0) is 62.6 Å². The minimum absolute atomic E-state index is 0.0300. The average molecular weight is 460 g/mol. The number of nitrogens with one attached hydrogen (secondary N) is 1. The topological polar surface area (TPSA) is 104 Å². The molecule has 176 valence electrons. The number of hydrogen-bond donors (Lipinski definition) is 3. The SMILES string of the molecule is CC1=Nc2cc(-c3ccc(OCC(C)(C)C(=O)O)nc3)ccc2C(C(O)Nc2ccccc2)C1. The minimum Gasteiger partial charge on any atom is -0.481 e. The first kappa shape index (κ1) is 23.4. The molecule has 34 heavy (non-hydrogen) atoms. The molecule has 2 atom stereocenters. The number of aliphatic carboxylic acids is 1. The summed E-state index contributed by atoms with van der Waals surface area (Å²) in [4.78, 5) is 20.3. The Morgan fingerprint density at radius 1 is 1.15 bits per heavy atom. The molecule has 4 rings (SSSR count). The van der Waals surface area contributed by atoms with Crippen LogP contribution < -0.4 is 10.1 Å². The van der Waals surface area contributed by atoms with Crippen LogP contribution >= 0.6 is 0 Å². The van der Waals surface area contributed by atoms with Gasteiger partial charge >= 0.3 is 5.97 Å². The molecule has 0 spiro atoms. The highest BCUT2D eigenvalue weighted by molar-refractivity contribution is 5.89. The van der Waals surface area contributed by atoms with Gasteiger partial charge in [0.1, 0.15) is 12.8 Å². The van der Waals surface area contributed by atoms with E-state index in [0.717, 1.165) is 33.8 Å². The number of benzene rings is 2.